The summed E-state index contributed by atoms with van der Waals surface area (Å²) in [5.74, 6) is 0.283. The van der Waals surface area contributed by atoms with Crippen LogP contribution in [0.2, 0.25) is 0 Å². The number of hydrogen-bond acceptors (Lipinski definition) is 8. The van der Waals surface area contributed by atoms with Crippen molar-refractivity contribution in [2.24, 2.45) is 0 Å². The van der Waals surface area contributed by atoms with Gasteiger partial charge in [-0.15, -0.1) is 0 Å². The van der Waals surface area contributed by atoms with Crippen LogP contribution in [-0.4, -0.2) is 73.5 Å². The monoisotopic (exact) mass is 450 g/mol. The number of methoxy groups -OCH3 is 1. The third-order valence-electron chi connectivity index (χ3n) is 5.23. The number of rotatable bonds is 7. The highest BCUT2D eigenvalue weighted by Crippen LogP contribution is 2.23. The summed E-state index contributed by atoms with van der Waals surface area (Å²) in [5, 5.41) is 0. The molecule has 1 saturated heterocycles. The van der Waals surface area contributed by atoms with Crippen LogP contribution in [0.25, 0.3) is 0 Å². The van der Waals surface area contributed by atoms with E-state index in [1.807, 2.05) is 11.8 Å². The second kappa shape index (κ2) is 9.58. The number of nitrogens with zero attached hydrogens (tertiary/aromatic N) is 3. The summed E-state index contributed by atoms with van der Waals surface area (Å²) in [6.07, 6.45) is 1.22. The number of carbonyl (C=O) groups excluding carboxylic acids is 1. The zero-order valence-corrected chi connectivity index (χ0v) is 18.5. The molecule has 1 aliphatic heterocycles. The molecule has 0 bridgehead atoms. The summed E-state index contributed by atoms with van der Waals surface area (Å²) in [6, 6.07) is 6.04. The highest BCUT2D eigenvalue weighted by Gasteiger charge is 2.31. The van der Waals surface area contributed by atoms with E-state index in [1.165, 1.54) is 29.7 Å². The Morgan fingerprint density at radius 3 is 2.39 bits per heavy atom. The number of piperazine rings is 1. The van der Waals surface area contributed by atoms with E-state index >= 15 is 0 Å². The normalized spacial score (nSPS) is 16.6. The summed E-state index contributed by atoms with van der Waals surface area (Å²) >= 11 is 0. The van der Waals surface area contributed by atoms with Gasteiger partial charge in [-0.3, -0.25) is 9.69 Å². The summed E-state index contributed by atoms with van der Waals surface area (Å²) in [5.41, 5.74) is -0.704. The van der Waals surface area contributed by atoms with E-state index < -0.39 is 21.6 Å². The third kappa shape index (κ3) is 4.94. The van der Waals surface area contributed by atoms with Gasteiger partial charge in [0.1, 0.15) is 17.1 Å². The SMILES string of the molecule is CCOC(=O)c1cnc(C(C)N2CCN(S(=O)(=O)c3ccc(OC)cc3)CC2)[nH]c1=O. The van der Waals surface area contributed by atoms with Gasteiger partial charge in [0, 0.05) is 32.4 Å². The number of benzene rings is 1. The number of aromatic amines is 1. The van der Waals surface area contributed by atoms with Gasteiger partial charge < -0.3 is 14.5 Å². The van der Waals surface area contributed by atoms with Gasteiger partial charge in [-0.2, -0.15) is 4.31 Å². The zero-order chi connectivity index (χ0) is 22.6. The van der Waals surface area contributed by atoms with Gasteiger partial charge in [0.25, 0.3) is 5.56 Å². The van der Waals surface area contributed by atoms with Crippen molar-refractivity contribution >= 4 is 16.0 Å². The highest BCUT2D eigenvalue weighted by molar-refractivity contribution is 7.89. The number of aromatic nitrogens is 2. The lowest BCUT2D eigenvalue weighted by atomic mass is 10.2. The molecule has 2 aromatic rings. The number of carbonyl (C=O) groups is 1. The van der Waals surface area contributed by atoms with Gasteiger partial charge >= 0.3 is 5.97 Å². The molecule has 0 amide bonds. The van der Waals surface area contributed by atoms with Gasteiger partial charge in [-0.25, -0.2) is 18.2 Å². The number of hydrogen-bond donors (Lipinski definition) is 1. The van der Waals surface area contributed by atoms with Crippen LogP contribution < -0.4 is 10.3 Å². The molecule has 0 saturated carbocycles. The average molecular weight is 451 g/mol. The number of ether oxygens (including phenoxy) is 2. The molecule has 11 heteroatoms. The van der Waals surface area contributed by atoms with Crippen LogP contribution in [0.15, 0.2) is 40.2 Å². The molecule has 1 unspecified atom stereocenters. The van der Waals surface area contributed by atoms with Crippen molar-refractivity contribution < 1.29 is 22.7 Å². The maximum Gasteiger partial charge on any atom is 0.345 e. The molecule has 1 N–H and O–H groups in total. The Balaban J connectivity index is 1.66. The predicted molar refractivity (Wildman–Crippen MR) is 113 cm³/mol. The Morgan fingerprint density at radius 2 is 1.84 bits per heavy atom. The summed E-state index contributed by atoms with van der Waals surface area (Å²) < 4.78 is 37.2. The molecular weight excluding hydrogens is 424 g/mol. The van der Waals surface area contributed by atoms with Crippen molar-refractivity contribution in [2.45, 2.75) is 24.8 Å². The van der Waals surface area contributed by atoms with E-state index in [-0.39, 0.29) is 23.1 Å². The second-order valence-electron chi connectivity index (χ2n) is 7.02. The average Bonchev–Trinajstić information content (AvgIpc) is 2.78. The van der Waals surface area contributed by atoms with Crippen molar-refractivity contribution in [3.63, 3.8) is 0 Å². The van der Waals surface area contributed by atoms with Gasteiger partial charge in [-0.1, -0.05) is 0 Å². The van der Waals surface area contributed by atoms with Crippen molar-refractivity contribution in [2.75, 3.05) is 39.9 Å². The second-order valence-corrected chi connectivity index (χ2v) is 8.96. The van der Waals surface area contributed by atoms with Crippen LogP contribution in [0, 0.1) is 0 Å². The first kappa shape index (κ1) is 22.9. The van der Waals surface area contributed by atoms with E-state index in [0.29, 0.717) is 37.8 Å². The van der Waals surface area contributed by atoms with Crippen LogP contribution in [0.3, 0.4) is 0 Å². The molecule has 2 heterocycles. The molecule has 1 aliphatic rings. The Morgan fingerprint density at radius 1 is 1.19 bits per heavy atom. The number of sulfonamides is 1. The maximum absolute atomic E-state index is 12.9. The van der Waals surface area contributed by atoms with E-state index in [0.717, 1.165) is 0 Å². The molecule has 1 aromatic carbocycles. The lowest BCUT2D eigenvalue weighted by Crippen LogP contribution is -2.49. The van der Waals surface area contributed by atoms with E-state index in [1.54, 1.807) is 19.1 Å². The molecular formula is C20H26N4O6S. The lowest BCUT2D eigenvalue weighted by molar-refractivity contribution is 0.0523. The minimum atomic E-state index is -3.60. The van der Waals surface area contributed by atoms with Gasteiger partial charge in [0.2, 0.25) is 10.0 Å². The third-order valence-corrected chi connectivity index (χ3v) is 7.14. The van der Waals surface area contributed by atoms with Gasteiger partial charge in [-0.05, 0) is 38.1 Å². The number of nitrogens with one attached hydrogen (secondary N) is 1. The highest BCUT2D eigenvalue weighted by atomic mass is 32.2. The maximum atomic E-state index is 12.9. The van der Waals surface area contributed by atoms with Crippen LogP contribution in [0.1, 0.15) is 36.1 Å². The first-order valence-corrected chi connectivity index (χ1v) is 11.4. The first-order chi connectivity index (χ1) is 14.8. The molecule has 1 aromatic heterocycles. The molecule has 1 atom stereocenters. The van der Waals surface area contributed by atoms with Crippen LogP contribution >= 0.6 is 0 Å². The minimum absolute atomic E-state index is 0.145. The Labute approximate surface area is 180 Å². The first-order valence-electron chi connectivity index (χ1n) is 9.92. The Kier molecular flexibility index (Phi) is 7.08. The van der Waals surface area contributed by atoms with E-state index in [9.17, 15) is 18.0 Å². The minimum Gasteiger partial charge on any atom is -0.497 e. The molecule has 3 rings (SSSR count). The summed E-state index contributed by atoms with van der Waals surface area (Å²) in [4.78, 5) is 33.1. The fourth-order valence-electron chi connectivity index (χ4n) is 3.38. The van der Waals surface area contributed by atoms with Crippen molar-refractivity contribution in [3.8, 4) is 5.75 Å². The fraction of sp³-hybridized carbons (Fsp3) is 0.450. The van der Waals surface area contributed by atoms with Gasteiger partial charge in [0.15, 0.2) is 0 Å². The van der Waals surface area contributed by atoms with Crippen LogP contribution in [0.4, 0.5) is 0 Å². The van der Waals surface area contributed by atoms with E-state index in [4.69, 9.17) is 9.47 Å². The number of esters is 1. The molecule has 0 aliphatic carbocycles. The topological polar surface area (TPSA) is 122 Å². The van der Waals surface area contributed by atoms with E-state index in [2.05, 4.69) is 9.97 Å². The molecule has 10 nitrogen and oxygen atoms in total. The zero-order valence-electron chi connectivity index (χ0n) is 17.7. The molecule has 0 spiro atoms. The molecule has 168 valence electrons. The van der Waals surface area contributed by atoms with Crippen molar-refractivity contribution in [1.29, 1.82) is 0 Å². The number of H-pyrrole nitrogens is 1. The summed E-state index contributed by atoms with van der Waals surface area (Å²) in [7, 11) is -2.08. The largest absolute Gasteiger partial charge is 0.497 e. The van der Waals surface area contributed by atoms with Crippen molar-refractivity contribution in [3.05, 3.63) is 52.2 Å². The standard InChI is InChI=1S/C20H26N4O6S/c1-4-30-20(26)17-13-21-18(22-19(17)25)14(2)23-9-11-24(12-10-23)31(27,28)16-7-5-15(29-3)6-8-16/h5-8,13-14H,4,9-12H2,1-3H3,(H,21,22,25). The Hall–Kier alpha value is -2.76. The Bertz CT molecular complexity index is 1080. The smallest absolute Gasteiger partial charge is 0.345 e. The van der Waals surface area contributed by atoms with Crippen molar-refractivity contribution in [1.82, 2.24) is 19.2 Å². The molecule has 0 radical (unpaired) electrons. The fourth-order valence-corrected chi connectivity index (χ4v) is 4.80. The quantitative estimate of drug-likeness (QED) is 0.621. The lowest BCUT2D eigenvalue weighted by Gasteiger charge is -2.36. The van der Waals surface area contributed by atoms with Crippen LogP contribution in [-0.2, 0) is 14.8 Å². The van der Waals surface area contributed by atoms with Crippen LogP contribution in [0.5, 0.6) is 5.75 Å². The molecule has 31 heavy (non-hydrogen) atoms. The molecule has 1 fully saturated rings. The summed E-state index contributed by atoms with van der Waals surface area (Å²) in [6.45, 7) is 5.26. The van der Waals surface area contributed by atoms with Gasteiger partial charge in [0.05, 0.1) is 24.7 Å². The predicted octanol–water partition coefficient (Wildman–Crippen LogP) is 1.02.